The summed E-state index contributed by atoms with van der Waals surface area (Å²) < 4.78 is 0. The molecule has 0 aromatic heterocycles. The van der Waals surface area contributed by atoms with Gasteiger partial charge in [0.05, 0.1) is 0 Å². The number of carbonyl (C=O) groups excluding carboxylic acids is 2. The first kappa shape index (κ1) is 23.0. The molecule has 1 N–H and O–H groups in total. The van der Waals surface area contributed by atoms with Crippen molar-refractivity contribution in [3.63, 3.8) is 0 Å². The van der Waals surface area contributed by atoms with E-state index in [4.69, 9.17) is 5.11 Å². The summed E-state index contributed by atoms with van der Waals surface area (Å²) in [6.07, 6.45) is 4.24. The lowest BCUT2D eigenvalue weighted by molar-refractivity contribution is -0.525. The molecular weight excluding hydrogens is 352 g/mol. The molecule has 0 bridgehead atoms. The van der Waals surface area contributed by atoms with Gasteiger partial charge in [-0.15, -0.1) is 0 Å². The van der Waals surface area contributed by atoms with E-state index >= 15 is 0 Å². The Hall–Kier alpha value is -1.99. The Morgan fingerprint density at radius 2 is 1.93 bits per heavy atom. The van der Waals surface area contributed by atoms with Crippen LogP contribution in [0.5, 0.6) is 0 Å². The smallest absolute Gasteiger partial charge is 0.303 e. The zero-order chi connectivity index (χ0) is 20.6. The van der Waals surface area contributed by atoms with Crippen molar-refractivity contribution in [1.82, 2.24) is 4.90 Å². The van der Waals surface area contributed by atoms with Crippen molar-refractivity contribution in [2.45, 2.75) is 90.6 Å². The quantitative estimate of drug-likeness (QED) is 0.253. The molecule has 1 unspecified atom stereocenters. The number of carboxylic acid groups (broad SMARTS) is 1. The molecule has 0 aliphatic carbocycles. The largest absolute Gasteiger partial charge is 0.481 e. The molecule has 0 radical (unpaired) electrons. The highest BCUT2D eigenvalue weighted by Gasteiger charge is 2.39. The molecule has 27 heavy (non-hydrogen) atoms. The highest BCUT2D eigenvalue weighted by atomic mass is 16.6. The number of ketones is 1. The van der Waals surface area contributed by atoms with Crippen molar-refractivity contribution in [2.24, 2.45) is 5.41 Å². The molecule has 0 aromatic carbocycles. The summed E-state index contributed by atoms with van der Waals surface area (Å²) in [5.41, 5.74) is -0.738. The van der Waals surface area contributed by atoms with Crippen molar-refractivity contribution in [3.8, 4) is 0 Å². The van der Waals surface area contributed by atoms with Crippen molar-refractivity contribution >= 4 is 17.7 Å². The number of hydrogen-bond donors (Lipinski definition) is 1. The van der Waals surface area contributed by atoms with Crippen LogP contribution in [0.4, 0.5) is 0 Å². The van der Waals surface area contributed by atoms with Crippen LogP contribution in [-0.4, -0.2) is 51.2 Å². The SMILES string of the molecule is CCC(C)(C)C(=O)C(=O)N1CCCC[C@H]1CC(CCCCC(=O)O)[N+](=O)[O-]. The number of carbonyl (C=O) groups is 3. The van der Waals surface area contributed by atoms with Crippen LogP contribution in [0.2, 0.25) is 0 Å². The van der Waals surface area contributed by atoms with Crippen LogP contribution in [0.1, 0.15) is 78.6 Å². The average Bonchev–Trinajstić information content (AvgIpc) is 2.62. The van der Waals surface area contributed by atoms with Gasteiger partial charge < -0.3 is 10.0 Å². The summed E-state index contributed by atoms with van der Waals surface area (Å²) in [6, 6.07) is -1.13. The van der Waals surface area contributed by atoms with E-state index in [2.05, 4.69) is 0 Å². The maximum atomic E-state index is 12.7. The fraction of sp³-hybridized carbons (Fsp3) is 0.842. The van der Waals surface area contributed by atoms with Crippen molar-refractivity contribution in [3.05, 3.63) is 10.1 Å². The van der Waals surface area contributed by atoms with E-state index in [-0.39, 0.29) is 30.2 Å². The van der Waals surface area contributed by atoms with Crippen LogP contribution >= 0.6 is 0 Å². The summed E-state index contributed by atoms with van der Waals surface area (Å²) >= 11 is 0. The van der Waals surface area contributed by atoms with Crippen molar-refractivity contribution in [1.29, 1.82) is 0 Å². The number of nitrogens with zero attached hydrogens (tertiary/aromatic N) is 2. The number of nitro groups is 1. The minimum atomic E-state index is -0.909. The topological polar surface area (TPSA) is 118 Å². The second kappa shape index (κ2) is 10.4. The molecule has 1 amide bonds. The standard InChI is InChI=1S/C19H32N2O6/c1-4-19(2,3)17(24)18(25)20-12-8-7-9-14(20)13-15(21(26)27)10-5-6-11-16(22)23/h14-15H,4-13H2,1-3H3,(H,22,23)/t14-,15?/m0/s1. The summed E-state index contributed by atoms with van der Waals surface area (Å²) in [4.78, 5) is 48.5. The third kappa shape index (κ3) is 6.92. The number of amides is 1. The van der Waals surface area contributed by atoms with Gasteiger partial charge in [-0.1, -0.05) is 20.8 Å². The van der Waals surface area contributed by atoms with Gasteiger partial charge in [0.15, 0.2) is 0 Å². The summed E-state index contributed by atoms with van der Waals surface area (Å²) in [5, 5.41) is 20.1. The lowest BCUT2D eigenvalue weighted by Crippen LogP contribution is -2.51. The molecule has 8 heteroatoms. The molecule has 1 rings (SSSR count). The Morgan fingerprint density at radius 3 is 2.48 bits per heavy atom. The Morgan fingerprint density at radius 1 is 1.26 bits per heavy atom. The normalized spacial score (nSPS) is 18.8. The van der Waals surface area contributed by atoms with Crippen molar-refractivity contribution < 1.29 is 24.4 Å². The highest BCUT2D eigenvalue weighted by molar-refractivity contribution is 6.38. The summed E-state index contributed by atoms with van der Waals surface area (Å²) in [6.45, 7) is 5.81. The molecule has 154 valence electrons. The minimum absolute atomic E-state index is 0.000917. The number of carboxylic acids is 1. The molecule has 1 fully saturated rings. The van der Waals surface area contributed by atoms with Crippen LogP contribution < -0.4 is 0 Å². The van der Waals surface area contributed by atoms with Crippen LogP contribution in [-0.2, 0) is 14.4 Å². The number of aliphatic carboxylic acids is 1. The highest BCUT2D eigenvalue weighted by Crippen LogP contribution is 2.27. The van der Waals surface area contributed by atoms with E-state index in [0.29, 0.717) is 32.2 Å². The average molecular weight is 384 g/mol. The first-order valence-electron chi connectivity index (χ1n) is 9.80. The molecule has 1 aliphatic heterocycles. The number of hydrogen-bond acceptors (Lipinski definition) is 5. The van der Waals surface area contributed by atoms with E-state index in [1.807, 2.05) is 6.92 Å². The maximum absolute atomic E-state index is 12.7. The Labute approximate surface area is 160 Å². The number of piperidine rings is 1. The predicted octanol–water partition coefficient (Wildman–Crippen LogP) is 3.05. The summed E-state index contributed by atoms with van der Waals surface area (Å²) in [7, 11) is 0. The second-order valence-corrected chi connectivity index (χ2v) is 8.03. The van der Waals surface area contributed by atoms with Gasteiger partial charge in [-0.2, -0.15) is 0 Å². The third-order valence-electron chi connectivity index (χ3n) is 5.60. The van der Waals surface area contributed by atoms with E-state index in [1.165, 1.54) is 4.90 Å². The van der Waals surface area contributed by atoms with E-state index in [1.54, 1.807) is 13.8 Å². The van der Waals surface area contributed by atoms with Gasteiger partial charge >= 0.3 is 5.97 Å². The molecule has 0 spiro atoms. The molecule has 2 atom stereocenters. The van der Waals surface area contributed by atoms with E-state index in [9.17, 15) is 24.5 Å². The summed E-state index contributed by atoms with van der Waals surface area (Å²) in [5.74, 6) is -1.87. The predicted molar refractivity (Wildman–Crippen MR) is 99.9 cm³/mol. The Kier molecular flexibility index (Phi) is 8.85. The zero-order valence-corrected chi connectivity index (χ0v) is 16.6. The number of rotatable bonds is 11. The van der Waals surface area contributed by atoms with Gasteiger partial charge in [0.1, 0.15) is 0 Å². The molecule has 1 saturated heterocycles. The third-order valence-corrected chi connectivity index (χ3v) is 5.60. The van der Waals surface area contributed by atoms with Crippen molar-refractivity contribution in [2.75, 3.05) is 6.54 Å². The first-order valence-corrected chi connectivity index (χ1v) is 9.80. The minimum Gasteiger partial charge on any atom is -0.481 e. The Bertz CT molecular complexity index is 560. The van der Waals surface area contributed by atoms with Gasteiger partial charge in [-0.25, -0.2) is 0 Å². The molecule has 0 aromatic rings. The fourth-order valence-electron chi connectivity index (χ4n) is 3.37. The van der Waals surface area contributed by atoms with Crippen LogP contribution in [0.3, 0.4) is 0 Å². The maximum Gasteiger partial charge on any atom is 0.303 e. The monoisotopic (exact) mass is 384 g/mol. The number of likely N-dealkylation sites (tertiary alicyclic amines) is 1. The molecule has 1 aliphatic rings. The van der Waals surface area contributed by atoms with Gasteiger partial charge in [0.25, 0.3) is 5.91 Å². The lowest BCUT2D eigenvalue weighted by Gasteiger charge is -2.37. The fourth-order valence-corrected chi connectivity index (χ4v) is 3.37. The number of unbranched alkanes of at least 4 members (excludes halogenated alkanes) is 1. The molecule has 1 heterocycles. The first-order chi connectivity index (χ1) is 12.6. The number of Topliss-reactive ketones (excluding diaryl/α,β-unsaturated/α-hetero) is 1. The second-order valence-electron chi connectivity index (χ2n) is 8.03. The van der Waals surface area contributed by atoms with E-state index in [0.717, 1.165) is 12.8 Å². The molecular formula is C19H32N2O6. The molecule has 0 saturated carbocycles. The van der Waals surface area contributed by atoms with Crippen LogP contribution in [0.25, 0.3) is 0 Å². The van der Waals surface area contributed by atoms with E-state index < -0.39 is 29.1 Å². The van der Waals surface area contributed by atoms with Gasteiger partial charge in [-0.3, -0.25) is 24.5 Å². The lowest BCUT2D eigenvalue weighted by atomic mass is 9.83. The van der Waals surface area contributed by atoms with Gasteiger partial charge in [0.2, 0.25) is 11.8 Å². The Balaban J connectivity index is 2.77. The molecule has 8 nitrogen and oxygen atoms in total. The van der Waals surface area contributed by atoms with Gasteiger partial charge in [0, 0.05) is 42.2 Å². The zero-order valence-electron chi connectivity index (χ0n) is 16.6. The van der Waals surface area contributed by atoms with Gasteiger partial charge in [-0.05, 0) is 38.5 Å². The van der Waals surface area contributed by atoms with Crippen LogP contribution in [0.15, 0.2) is 0 Å². The van der Waals surface area contributed by atoms with Crippen LogP contribution in [0, 0.1) is 15.5 Å².